The second kappa shape index (κ2) is 7.25. The maximum absolute atomic E-state index is 11.6. The van der Waals surface area contributed by atoms with Crippen LogP contribution in [-0.2, 0) is 9.53 Å². The van der Waals surface area contributed by atoms with Gasteiger partial charge in [-0.1, -0.05) is 30.3 Å². The first-order valence-corrected chi connectivity index (χ1v) is 7.35. The standard InChI is InChI=1S/C16H21NO3.ClH/c18-16(19)15-11-17(13-6-8-20-9-7-13)10-14(15)12-4-2-1-3-5-12;/h1-5,13-15H,6-11H2,(H,18,19);1H. The summed E-state index contributed by atoms with van der Waals surface area (Å²) in [6, 6.07) is 10.5. The van der Waals surface area contributed by atoms with E-state index in [2.05, 4.69) is 4.90 Å². The summed E-state index contributed by atoms with van der Waals surface area (Å²) in [5.74, 6) is -0.856. The van der Waals surface area contributed by atoms with Crippen LogP contribution in [0.3, 0.4) is 0 Å². The van der Waals surface area contributed by atoms with E-state index in [9.17, 15) is 9.90 Å². The van der Waals surface area contributed by atoms with Crippen LogP contribution in [0.2, 0.25) is 0 Å². The Morgan fingerprint density at radius 2 is 1.81 bits per heavy atom. The van der Waals surface area contributed by atoms with Crippen LogP contribution >= 0.6 is 12.4 Å². The maximum atomic E-state index is 11.6. The Bertz CT molecular complexity index is 462. The zero-order valence-corrected chi connectivity index (χ0v) is 12.8. The van der Waals surface area contributed by atoms with E-state index in [1.54, 1.807) is 0 Å². The van der Waals surface area contributed by atoms with Gasteiger partial charge in [0.1, 0.15) is 0 Å². The third kappa shape index (κ3) is 3.57. The van der Waals surface area contributed by atoms with Crippen LogP contribution in [-0.4, -0.2) is 48.3 Å². The summed E-state index contributed by atoms with van der Waals surface area (Å²) in [5, 5.41) is 9.51. The highest BCUT2D eigenvalue weighted by atomic mass is 35.5. The molecule has 2 aliphatic heterocycles. The average molecular weight is 312 g/mol. The van der Waals surface area contributed by atoms with E-state index in [1.807, 2.05) is 30.3 Å². The van der Waals surface area contributed by atoms with Gasteiger partial charge in [-0.15, -0.1) is 12.4 Å². The summed E-state index contributed by atoms with van der Waals surface area (Å²) >= 11 is 0. The number of rotatable bonds is 3. The molecule has 4 nitrogen and oxygen atoms in total. The molecule has 21 heavy (non-hydrogen) atoms. The summed E-state index contributed by atoms with van der Waals surface area (Å²) in [5.41, 5.74) is 1.15. The lowest BCUT2D eigenvalue weighted by Crippen LogP contribution is -2.38. The number of carbonyl (C=O) groups is 1. The smallest absolute Gasteiger partial charge is 0.308 e. The number of carboxylic acid groups (broad SMARTS) is 1. The number of nitrogens with zero attached hydrogens (tertiary/aromatic N) is 1. The fourth-order valence-corrected chi connectivity index (χ4v) is 3.47. The Labute approximate surface area is 131 Å². The molecule has 1 N–H and O–H groups in total. The molecular formula is C16H22ClNO3. The minimum atomic E-state index is -0.673. The van der Waals surface area contributed by atoms with Crippen molar-refractivity contribution in [1.29, 1.82) is 0 Å². The predicted molar refractivity (Wildman–Crippen MR) is 83.0 cm³/mol. The maximum Gasteiger partial charge on any atom is 0.308 e. The van der Waals surface area contributed by atoms with Gasteiger partial charge in [-0.2, -0.15) is 0 Å². The SMILES string of the molecule is Cl.O=C(O)C1CN(C2CCOCC2)CC1c1ccccc1. The number of hydrogen-bond acceptors (Lipinski definition) is 3. The molecule has 0 saturated carbocycles. The number of benzene rings is 1. The second-order valence-corrected chi connectivity index (χ2v) is 5.76. The van der Waals surface area contributed by atoms with Gasteiger partial charge in [-0.25, -0.2) is 0 Å². The van der Waals surface area contributed by atoms with E-state index in [-0.39, 0.29) is 24.2 Å². The number of carboxylic acids is 1. The molecule has 0 radical (unpaired) electrons. The van der Waals surface area contributed by atoms with Crippen molar-refractivity contribution in [3.63, 3.8) is 0 Å². The topological polar surface area (TPSA) is 49.8 Å². The molecule has 0 amide bonds. The molecule has 2 unspecified atom stereocenters. The first-order chi connectivity index (χ1) is 9.75. The first-order valence-electron chi connectivity index (χ1n) is 7.35. The quantitative estimate of drug-likeness (QED) is 0.931. The van der Waals surface area contributed by atoms with Gasteiger partial charge in [-0.3, -0.25) is 9.69 Å². The average Bonchev–Trinajstić information content (AvgIpc) is 2.94. The van der Waals surface area contributed by atoms with Crippen molar-refractivity contribution in [1.82, 2.24) is 4.90 Å². The Kier molecular flexibility index (Phi) is 5.62. The minimum Gasteiger partial charge on any atom is -0.481 e. The van der Waals surface area contributed by atoms with Crippen molar-refractivity contribution >= 4 is 18.4 Å². The number of hydrogen-bond donors (Lipinski definition) is 1. The zero-order chi connectivity index (χ0) is 13.9. The van der Waals surface area contributed by atoms with E-state index < -0.39 is 5.97 Å². The summed E-state index contributed by atoms with van der Waals surface area (Å²) in [7, 11) is 0. The van der Waals surface area contributed by atoms with Crippen LogP contribution in [0.5, 0.6) is 0 Å². The first kappa shape index (κ1) is 16.3. The molecule has 3 rings (SSSR count). The molecular weight excluding hydrogens is 290 g/mol. The van der Waals surface area contributed by atoms with E-state index in [1.165, 1.54) is 0 Å². The molecule has 116 valence electrons. The molecule has 1 aromatic rings. The Hall–Kier alpha value is -1.10. The van der Waals surface area contributed by atoms with Crippen molar-refractivity contribution in [3.05, 3.63) is 35.9 Å². The molecule has 0 bridgehead atoms. The summed E-state index contributed by atoms with van der Waals surface area (Å²) in [6.07, 6.45) is 2.04. The van der Waals surface area contributed by atoms with Crippen LogP contribution in [0, 0.1) is 5.92 Å². The summed E-state index contributed by atoms with van der Waals surface area (Å²) in [4.78, 5) is 13.9. The van der Waals surface area contributed by atoms with Crippen molar-refractivity contribution in [3.8, 4) is 0 Å². The monoisotopic (exact) mass is 311 g/mol. The lowest BCUT2D eigenvalue weighted by atomic mass is 9.89. The normalized spacial score (nSPS) is 27.2. The minimum absolute atomic E-state index is 0. The van der Waals surface area contributed by atoms with E-state index in [4.69, 9.17) is 4.74 Å². The third-order valence-corrected chi connectivity index (χ3v) is 4.60. The summed E-state index contributed by atoms with van der Waals surface area (Å²) in [6.45, 7) is 3.12. The van der Waals surface area contributed by atoms with Crippen LogP contribution in [0.4, 0.5) is 0 Å². The molecule has 0 aromatic heterocycles. The van der Waals surface area contributed by atoms with Gasteiger partial charge in [0.05, 0.1) is 5.92 Å². The van der Waals surface area contributed by atoms with Gasteiger partial charge in [0.15, 0.2) is 0 Å². The largest absolute Gasteiger partial charge is 0.481 e. The van der Waals surface area contributed by atoms with Crippen molar-refractivity contribution in [2.45, 2.75) is 24.8 Å². The van der Waals surface area contributed by atoms with Crippen molar-refractivity contribution in [2.24, 2.45) is 5.92 Å². The number of aliphatic carboxylic acids is 1. The van der Waals surface area contributed by atoms with E-state index in [0.29, 0.717) is 12.6 Å². The lowest BCUT2D eigenvalue weighted by Gasteiger charge is -2.31. The molecule has 5 heteroatoms. The molecule has 1 aromatic carbocycles. The fourth-order valence-electron chi connectivity index (χ4n) is 3.47. The number of ether oxygens (including phenoxy) is 1. The summed E-state index contributed by atoms with van der Waals surface area (Å²) < 4.78 is 5.40. The highest BCUT2D eigenvalue weighted by Gasteiger charge is 2.41. The van der Waals surface area contributed by atoms with Crippen molar-refractivity contribution < 1.29 is 14.6 Å². The van der Waals surface area contributed by atoms with Crippen LogP contribution in [0.25, 0.3) is 0 Å². The Morgan fingerprint density at radius 1 is 1.14 bits per heavy atom. The van der Waals surface area contributed by atoms with E-state index >= 15 is 0 Å². The van der Waals surface area contributed by atoms with Crippen molar-refractivity contribution in [2.75, 3.05) is 26.3 Å². The second-order valence-electron chi connectivity index (χ2n) is 5.76. The van der Waals surface area contributed by atoms with E-state index in [0.717, 1.165) is 38.2 Å². The highest BCUT2D eigenvalue weighted by molar-refractivity contribution is 5.85. The number of likely N-dealkylation sites (tertiary alicyclic amines) is 1. The lowest BCUT2D eigenvalue weighted by molar-refractivity contribution is -0.141. The van der Waals surface area contributed by atoms with Gasteiger partial charge < -0.3 is 9.84 Å². The molecule has 2 heterocycles. The van der Waals surface area contributed by atoms with Gasteiger partial charge >= 0.3 is 5.97 Å². The van der Waals surface area contributed by atoms with Gasteiger partial charge in [-0.05, 0) is 18.4 Å². The number of halogens is 1. The van der Waals surface area contributed by atoms with Crippen LogP contribution < -0.4 is 0 Å². The molecule has 0 spiro atoms. The molecule has 2 saturated heterocycles. The van der Waals surface area contributed by atoms with Gasteiger partial charge in [0.25, 0.3) is 0 Å². The zero-order valence-electron chi connectivity index (χ0n) is 12.0. The van der Waals surface area contributed by atoms with Crippen LogP contribution in [0.15, 0.2) is 30.3 Å². The van der Waals surface area contributed by atoms with Gasteiger partial charge in [0, 0.05) is 38.3 Å². The molecule has 2 atom stereocenters. The molecule has 0 aliphatic carbocycles. The Morgan fingerprint density at radius 3 is 2.43 bits per heavy atom. The Balaban J connectivity index is 0.00000161. The molecule has 2 fully saturated rings. The molecule has 2 aliphatic rings. The van der Waals surface area contributed by atoms with Gasteiger partial charge in [0.2, 0.25) is 0 Å². The predicted octanol–water partition coefficient (Wildman–Crippen LogP) is 2.39. The third-order valence-electron chi connectivity index (χ3n) is 4.60. The highest BCUT2D eigenvalue weighted by Crippen LogP contribution is 2.35. The van der Waals surface area contributed by atoms with Crippen LogP contribution in [0.1, 0.15) is 24.3 Å². The fraction of sp³-hybridized carbons (Fsp3) is 0.562.